The lowest BCUT2D eigenvalue weighted by Gasteiger charge is -2.28. The van der Waals surface area contributed by atoms with E-state index in [4.69, 9.17) is 18.9 Å². The number of rotatable bonds is 5. The summed E-state index contributed by atoms with van der Waals surface area (Å²) < 4.78 is 22.5. The molecule has 1 amide bonds. The number of para-hydroxylation sites is 4. The molecule has 1 saturated carbocycles. The van der Waals surface area contributed by atoms with E-state index in [2.05, 4.69) is 5.32 Å². The minimum absolute atomic E-state index is 0.132. The Morgan fingerprint density at radius 3 is 2.57 bits per heavy atom. The zero-order valence-corrected chi connectivity index (χ0v) is 15.5. The molecule has 4 atom stereocenters. The molecule has 2 N–H and O–H groups in total. The van der Waals surface area contributed by atoms with Gasteiger partial charge in [-0.2, -0.15) is 0 Å². The molecular weight excluding hydrogens is 362 g/mol. The Morgan fingerprint density at radius 1 is 1.07 bits per heavy atom. The standard InChI is InChI=1S/C21H23NO6/c1-25-14-6-2-4-8-16(14)27-18-11-10-13(20(18)23)22-21(24)19-12-26-15-7-3-5-9-17(15)28-19/h2-9,13,18-20,23H,10-12H2,1H3,(H,22,24)/t13-,18-,19-,20-/m1/s1. The molecule has 1 aliphatic heterocycles. The van der Waals surface area contributed by atoms with Gasteiger partial charge in [0.15, 0.2) is 23.0 Å². The smallest absolute Gasteiger partial charge is 0.265 e. The Bertz CT molecular complexity index is 841. The van der Waals surface area contributed by atoms with Gasteiger partial charge in [-0.3, -0.25) is 4.79 Å². The average Bonchev–Trinajstić information content (AvgIpc) is 3.07. The zero-order chi connectivity index (χ0) is 19.5. The van der Waals surface area contributed by atoms with Crippen LogP contribution in [0.2, 0.25) is 0 Å². The Hall–Kier alpha value is -2.93. The van der Waals surface area contributed by atoms with Gasteiger partial charge in [0.05, 0.1) is 13.2 Å². The third-order valence-corrected chi connectivity index (χ3v) is 5.03. The number of aliphatic hydroxyl groups excluding tert-OH is 1. The fraction of sp³-hybridized carbons (Fsp3) is 0.381. The maximum Gasteiger partial charge on any atom is 0.265 e. The van der Waals surface area contributed by atoms with E-state index < -0.39 is 24.4 Å². The van der Waals surface area contributed by atoms with Gasteiger partial charge in [-0.15, -0.1) is 0 Å². The second-order valence-corrected chi connectivity index (χ2v) is 6.85. The van der Waals surface area contributed by atoms with Crippen molar-refractivity contribution < 1.29 is 28.8 Å². The van der Waals surface area contributed by atoms with E-state index in [0.29, 0.717) is 35.8 Å². The summed E-state index contributed by atoms with van der Waals surface area (Å²) in [5, 5.41) is 13.5. The normalized spacial score (nSPS) is 25.8. The topological polar surface area (TPSA) is 86.3 Å². The summed E-state index contributed by atoms with van der Waals surface area (Å²) in [6, 6.07) is 14.1. The van der Waals surface area contributed by atoms with Gasteiger partial charge >= 0.3 is 0 Å². The predicted molar refractivity (Wildman–Crippen MR) is 101 cm³/mol. The summed E-state index contributed by atoms with van der Waals surface area (Å²) in [4.78, 5) is 12.6. The van der Waals surface area contributed by atoms with Crippen molar-refractivity contribution in [3.8, 4) is 23.0 Å². The number of methoxy groups -OCH3 is 1. The highest BCUT2D eigenvalue weighted by molar-refractivity contribution is 5.82. The molecule has 0 unspecified atom stereocenters. The van der Waals surface area contributed by atoms with Crippen LogP contribution in [0.5, 0.6) is 23.0 Å². The predicted octanol–water partition coefficient (Wildman–Crippen LogP) is 1.92. The van der Waals surface area contributed by atoms with Crippen molar-refractivity contribution >= 4 is 5.91 Å². The van der Waals surface area contributed by atoms with Gasteiger partial charge < -0.3 is 29.4 Å². The SMILES string of the molecule is COc1ccccc1O[C@@H]1CC[C@@H](NC(=O)[C@H]2COc3ccccc3O2)[C@H]1O. The first-order valence-electron chi connectivity index (χ1n) is 9.32. The number of nitrogens with one attached hydrogen (secondary N) is 1. The molecule has 1 aliphatic carbocycles. The molecule has 1 fully saturated rings. The molecule has 4 rings (SSSR count). The summed E-state index contributed by atoms with van der Waals surface area (Å²) in [6.07, 6.45) is -0.779. The highest BCUT2D eigenvalue weighted by atomic mass is 16.6. The number of amides is 1. The van der Waals surface area contributed by atoms with Crippen LogP contribution in [0.3, 0.4) is 0 Å². The molecule has 0 spiro atoms. The van der Waals surface area contributed by atoms with E-state index in [9.17, 15) is 9.90 Å². The van der Waals surface area contributed by atoms with Gasteiger partial charge in [-0.1, -0.05) is 24.3 Å². The van der Waals surface area contributed by atoms with Crippen LogP contribution in [0.15, 0.2) is 48.5 Å². The van der Waals surface area contributed by atoms with Crippen LogP contribution in [-0.2, 0) is 4.79 Å². The monoisotopic (exact) mass is 385 g/mol. The quantitative estimate of drug-likeness (QED) is 0.818. The van der Waals surface area contributed by atoms with Crippen molar-refractivity contribution in [1.82, 2.24) is 5.32 Å². The van der Waals surface area contributed by atoms with Crippen molar-refractivity contribution in [3.63, 3.8) is 0 Å². The van der Waals surface area contributed by atoms with Gasteiger partial charge in [-0.25, -0.2) is 0 Å². The minimum atomic E-state index is -0.828. The first kappa shape index (κ1) is 18.4. The highest BCUT2D eigenvalue weighted by Crippen LogP contribution is 2.33. The van der Waals surface area contributed by atoms with Gasteiger partial charge in [0.25, 0.3) is 5.91 Å². The number of carbonyl (C=O) groups excluding carboxylic acids is 1. The van der Waals surface area contributed by atoms with Crippen LogP contribution >= 0.6 is 0 Å². The Balaban J connectivity index is 1.35. The lowest BCUT2D eigenvalue weighted by atomic mass is 10.2. The van der Waals surface area contributed by atoms with Crippen LogP contribution in [0.25, 0.3) is 0 Å². The maximum atomic E-state index is 12.6. The fourth-order valence-electron chi connectivity index (χ4n) is 3.53. The van der Waals surface area contributed by atoms with Gasteiger partial charge in [0, 0.05) is 0 Å². The van der Waals surface area contributed by atoms with Crippen molar-refractivity contribution in [2.45, 2.75) is 37.2 Å². The van der Waals surface area contributed by atoms with E-state index in [1.165, 1.54) is 0 Å². The summed E-state index contributed by atoms with van der Waals surface area (Å²) in [6.45, 7) is 0.132. The number of fused-ring (bicyclic) bond motifs is 1. The second-order valence-electron chi connectivity index (χ2n) is 6.85. The minimum Gasteiger partial charge on any atom is -0.493 e. The summed E-state index contributed by atoms with van der Waals surface area (Å²) in [5.41, 5.74) is 0. The summed E-state index contributed by atoms with van der Waals surface area (Å²) >= 11 is 0. The molecule has 0 bridgehead atoms. The molecule has 0 aromatic heterocycles. The molecule has 7 heteroatoms. The molecule has 2 aliphatic rings. The zero-order valence-electron chi connectivity index (χ0n) is 15.5. The summed E-state index contributed by atoms with van der Waals surface area (Å²) in [5.74, 6) is 2.03. The Labute approximate surface area is 163 Å². The maximum absolute atomic E-state index is 12.6. The van der Waals surface area contributed by atoms with E-state index in [1.807, 2.05) is 24.3 Å². The van der Waals surface area contributed by atoms with Crippen LogP contribution < -0.4 is 24.3 Å². The first-order chi connectivity index (χ1) is 13.7. The molecule has 1 heterocycles. The average molecular weight is 385 g/mol. The van der Waals surface area contributed by atoms with Crippen LogP contribution in [0, 0.1) is 0 Å². The van der Waals surface area contributed by atoms with Crippen molar-refractivity contribution in [2.24, 2.45) is 0 Å². The number of carbonyl (C=O) groups is 1. The van der Waals surface area contributed by atoms with E-state index >= 15 is 0 Å². The third kappa shape index (κ3) is 3.71. The molecule has 148 valence electrons. The number of hydrogen-bond donors (Lipinski definition) is 2. The fourth-order valence-corrected chi connectivity index (χ4v) is 3.53. The van der Waals surface area contributed by atoms with Gasteiger partial charge in [0.1, 0.15) is 18.8 Å². The first-order valence-corrected chi connectivity index (χ1v) is 9.32. The molecule has 0 radical (unpaired) electrons. The molecule has 2 aromatic rings. The Kier molecular flexibility index (Phi) is 5.25. The van der Waals surface area contributed by atoms with Gasteiger partial charge in [-0.05, 0) is 37.1 Å². The van der Waals surface area contributed by atoms with Crippen LogP contribution in [0.4, 0.5) is 0 Å². The van der Waals surface area contributed by atoms with E-state index in [1.54, 1.807) is 31.4 Å². The second kappa shape index (κ2) is 7.98. The van der Waals surface area contributed by atoms with Crippen molar-refractivity contribution in [2.75, 3.05) is 13.7 Å². The number of hydrogen-bond acceptors (Lipinski definition) is 6. The largest absolute Gasteiger partial charge is 0.493 e. The molecule has 7 nitrogen and oxygen atoms in total. The van der Waals surface area contributed by atoms with Crippen molar-refractivity contribution in [1.29, 1.82) is 0 Å². The Morgan fingerprint density at radius 2 is 1.79 bits per heavy atom. The van der Waals surface area contributed by atoms with Crippen molar-refractivity contribution in [3.05, 3.63) is 48.5 Å². The highest BCUT2D eigenvalue weighted by Gasteiger charge is 2.39. The molecule has 2 aromatic carbocycles. The lowest BCUT2D eigenvalue weighted by molar-refractivity contribution is -0.132. The molecule has 28 heavy (non-hydrogen) atoms. The molecule has 0 saturated heterocycles. The van der Waals surface area contributed by atoms with E-state index in [0.717, 1.165) is 0 Å². The van der Waals surface area contributed by atoms with E-state index in [-0.39, 0.29) is 12.5 Å². The van der Waals surface area contributed by atoms with Crippen LogP contribution in [-0.4, -0.2) is 49.1 Å². The van der Waals surface area contributed by atoms with Gasteiger partial charge in [0.2, 0.25) is 6.10 Å². The third-order valence-electron chi connectivity index (χ3n) is 5.03. The molecular formula is C21H23NO6. The number of ether oxygens (including phenoxy) is 4. The van der Waals surface area contributed by atoms with Crippen LogP contribution in [0.1, 0.15) is 12.8 Å². The number of benzene rings is 2. The lowest BCUT2D eigenvalue weighted by Crippen LogP contribution is -2.51. The number of aliphatic hydroxyl groups is 1. The summed E-state index contributed by atoms with van der Waals surface area (Å²) in [7, 11) is 1.57.